The van der Waals surface area contributed by atoms with E-state index in [2.05, 4.69) is 18.8 Å². The minimum absolute atomic E-state index is 0.589. The number of hydrogen-bond donors (Lipinski definition) is 0. The number of ether oxygens (including phenoxy) is 1. The van der Waals surface area contributed by atoms with E-state index in [-0.39, 0.29) is 0 Å². The van der Waals surface area contributed by atoms with Crippen LogP contribution in [0.1, 0.15) is 18.7 Å². The molecular formula is C14H16ClNOS. The number of hydrogen-bond acceptors (Lipinski definition) is 3. The topological polar surface area (TPSA) is 22.1 Å². The lowest BCUT2D eigenvalue weighted by molar-refractivity contribution is 0.415. The quantitative estimate of drug-likeness (QED) is 0.812. The van der Waals surface area contributed by atoms with Gasteiger partial charge in [0, 0.05) is 10.4 Å². The summed E-state index contributed by atoms with van der Waals surface area (Å²) in [6.07, 6.45) is 0.997. The maximum absolute atomic E-state index is 6.05. The highest BCUT2D eigenvalue weighted by atomic mass is 35.5. The Balaban J connectivity index is 2.42. The maximum atomic E-state index is 6.05. The van der Waals surface area contributed by atoms with E-state index in [0.717, 1.165) is 23.4 Å². The average molecular weight is 282 g/mol. The molecule has 0 amide bonds. The first-order valence-electron chi connectivity index (χ1n) is 5.89. The molecule has 18 heavy (non-hydrogen) atoms. The van der Waals surface area contributed by atoms with Crippen molar-refractivity contribution in [3.05, 3.63) is 33.6 Å². The van der Waals surface area contributed by atoms with Gasteiger partial charge in [0.25, 0.3) is 0 Å². The molecule has 0 bridgehead atoms. The van der Waals surface area contributed by atoms with Gasteiger partial charge in [-0.15, -0.1) is 11.3 Å². The van der Waals surface area contributed by atoms with E-state index in [4.69, 9.17) is 16.3 Å². The molecule has 2 nitrogen and oxygen atoms in total. The first-order chi connectivity index (χ1) is 8.60. The molecule has 2 rings (SSSR count). The third-order valence-electron chi connectivity index (χ3n) is 2.61. The first kappa shape index (κ1) is 13.4. The lowest BCUT2D eigenvalue weighted by Crippen LogP contribution is -1.94. The average Bonchev–Trinajstić information content (AvgIpc) is 2.69. The molecule has 1 aromatic heterocycles. The molecule has 1 aromatic carbocycles. The van der Waals surface area contributed by atoms with Gasteiger partial charge in [0.2, 0.25) is 0 Å². The van der Waals surface area contributed by atoms with Gasteiger partial charge in [-0.25, -0.2) is 4.98 Å². The van der Waals surface area contributed by atoms with Crippen LogP contribution in [-0.2, 0) is 6.42 Å². The summed E-state index contributed by atoms with van der Waals surface area (Å²) in [5.74, 6) is 1.43. The summed E-state index contributed by atoms with van der Waals surface area (Å²) in [5, 5.41) is 0. The third kappa shape index (κ3) is 3.03. The van der Waals surface area contributed by atoms with Crippen molar-refractivity contribution in [1.29, 1.82) is 0 Å². The lowest BCUT2D eigenvalue weighted by atomic mass is 10.0. The number of rotatable bonds is 4. The van der Waals surface area contributed by atoms with E-state index in [9.17, 15) is 0 Å². The van der Waals surface area contributed by atoms with Crippen LogP contribution in [0.5, 0.6) is 5.75 Å². The number of thiazole rings is 1. The molecule has 0 aliphatic heterocycles. The second kappa shape index (κ2) is 5.72. The number of benzene rings is 1. The molecule has 0 saturated carbocycles. The Labute approximate surface area is 117 Å². The molecule has 96 valence electrons. The third-order valence-corrected chi connectivity index (χ3v) is 3.79. The normalized spacial score (nSPS) is 10.9. The minimum atomic E-state index is 0.589. The number of aromatic nitrogens is 1. The van der Waals surface area contributed by atoms with Gasteiger partial charge < -0.3 is 4.74 Å². The van der Waals surface area contributed by atoms with Gasteiger partial charge in [0.05, 0.1) is 12.8 Å². The van der Waals surface area contributed by atoms with Gasteiger partial charge >= 0.3 is 0 Å². The van der Waals surface area contributed by atoms with Gasteiger partial charge in [-0.05, 0) is 24.5 Å². The van der Waals surface area contributed by atoms with Crippen LogP contribution in [0.15, 0.2) is 24.3 Å². The molecule has 0 saturated heterocycles. The summed E-state index contributed by atoms with van der Waals surface area (Å²) in [6.45, 7) is 4.39. The fourth-order valence-electron chi connectivity index (χ4n) is 1.83. The van der Waals surface area contributed by atoms with E-state index in [1.807, 2.05) is 24.3 Å². The van der Waals surface area contributed by atoms with Crippen molar-refractivity contribution in [1.82, 2.24) is 4.98 Å². The van der Waals surface area contributed by atoms with Gasteiger partial charge in [-0.3, -0.25) is 0 Å². The largest absolute Gasteiger partial charge is 0.497 e. The number of methoxy groups -OCH3 is 1. The predicted octanol–water partition coefficient (Wildman–Crippen LogP) is 4.67. The zero-order chi connectivity index (χ0) is 13.1. The lowest BCUT2D eigenvalue weighted by Gasteiger charge is -2.06. The molecule has 0 aliphatic rings. The summed E-state index contributed by atoms with van der Waals surface area (Å²) >= 11 is 7.61. The molecule has 4 heteroatoms. The zero-order valence-electron chi connectivity index (χ0n) is 10.7. The summed E-state index contributed by atoms with van der Waals surface area (Å²) < 4.78 is 5.85. The molecular weight excluding hydrogens is 266 g/mol. The fraction of sp³-hybridized carbons (Fsp3) is 0.357. The Bertz CT molecular complexity index is 536. The molecule has 0 unspecified atom stereocenters. The molecule has 2 aromatic rings. The van der Waals surface area contributed by atoms with Crippen LogP contribution >= 0.6 is 22.9 Å². The highest BCUT2D eigenvalue weighted by Crippen LogP contribution is 2.33. The second-order valence-corrected chi connectivity index (χ2v) is 6.23. The van der Waals surface area contributed by atoms with Crippen LogP contribution in [0.2, 0.25) is 4.47 Å². The van der Waals surface area contributed by atoms with Crippen molar-refractivity contribution < 1.29 is 4.74 Å². The SMILES string of the molecule is COc1cccc(-c2nc(Cl)sc2CC(C)C)c1. The molecule has 0 N–H and O–H groups in total. The molecule has 1 heterocycles. The molecule has 0 spiro atoms. The van der Waals surface area contributed by atoms with Gasteiger partial charge in [-0.2, -0.15) is 0 Å². The number of halogens is 1. The Hall–Kier alpha value is -1.06. The summed E-state index contributed by atoms with van der Waals surface area (Å²) in [7, 11) is 1.67. The zero-order valence-corrected chi connectivity index (χ0v) is 12.3. The van der Waals surface area contributed by atoms with E-state index in [1.165, 1.54) is 4.88 Å². The van der Waals surface area contributed by atoms with Crippen LogP contribution in [0.4, 0.5) is 0 Å². The Morgan fingerprint density at radius 3 is 2.83 bits per heavy atom. The summed E-state index contributed by atoms with van der Waals surface area (Å²) in [4.78, 5) is 5.68. The van der Waals surface area contributed by atoms with E-state index in [0.29, 0.717) is 10.4 Å². The van der Waals surface area contributed by atoms with Crippen molar-refractivity contribution in [2.75, 3.05) is 7.11 Å². The Morgan fingerprint density at radius 1 is 1.39 bits per heavy atom. The van der Waals surface area contributed by atoms with Crippen LogP contribution in [-0.4, -0.2) is 12.1 Å². The fourth-order valence-corrected chi connectivity index (χ4v) is 3.21. The van der Waals surface area contributed by atoms with Crippen molar-refractivity contribution in [2.24, 2.45) is 5.92 Å². The van der Waals surface area contributed by atoms with Crippen molar-refractivity contribution in [3.8, 4) is 17.0 Å². The van der Waals surface area contributed by atoms with Crippen LogP contribution < -0.4 is 4.74 Å². The smallest absolute Gasteiger partial charge is 0.184 e. The Kier molecular flexibility index (Phi) is 4.25. The van der Waals surface area contributed by atoms with Gasteiger partial charge in [0.1, 0.15) is 5.75 Å². The Morgan fingerprint density at radius 2 is 2.17 bits per heavy atom. The van der Waals surface area contributed by atoms with E-state index >= 15 is 0 Å². The van der Waals surface area contributed by atoms with Crippen LogP contribution in [0, 0.1) is 5.92 Å². The van der Waals surface area contributed by atoms with Crippen molar-refractivity contribution in [2.45, 2.75) is 20.3 Å². The first-order valence-corrected chi connectivity index (χ1v) is 7.09. The van der Waals surface area contributed by atoms with Gasteiger partial charge in [0.15, 0.2) is 4.47 Å². The summed E-state index contributed by atoms with van der Waals surface area (Å²) in [5.41, 5.74) is 2.05. The van der Waals surface area contributed by atoms with Crippen molar-refractivity contribution in [3.63, 3.8) is 0 Å². The molecule has 0 atom stereocenters. The molecule has 0 radical (unpaired) electrons. The highest BCUT2D eigenvalue weighted by molar-refractivity contribution is 7.16. The van der Waals surface area contributed by atoms with E-state index in [1.54, 1.807) is 18.4 Å². The number of nitrogens with zero attached hydrogens (tertiary/aromatic N) is 1. The van der Waals surface area contributed by atoms with E-state index < -0.39 is 0 Å². The highest BCUT2D eigenvalue weighted by Gasteiger charge is 2.13. The second-order valence-electron chi connectivity index (χ2n) is 4.57. The summed E-state index contributed by atoms with van der Waals surface area (Å²) in [6, 6.07) is 7.94. The molecule has 0 aliphatic carbocycles. The maximum Gasteiger partial charge on any atom is 0.184 e. The predicted molar refractivity (Wildman–Crippen MR) is 77.7 cm³/mol. The molecule has 0 fully saturated rings. The van der Waals surface area contributed by atoms with Crippen LogP contribution in [0.3, 0.4) is 0 Å². The standard InChI is InChI=1S/C14H16ClNOS/c1-9(2)7-12-13(16-14(15)18-12)10-5-4-6-11(8-10)17-3/h4-6,8-9H,7H2,1-3H3. The van der Waals surface area contributed by atoms with Gasteiger partial charge in [-0.1, -0.05) is 37.6 Å². The minimum Gasteiger partial charge on any atom is -0.497 e. The van der Waals surface area contributed by atoms with Crippen LogP contribution in [0.25, 0.3) is 11.3 Å². The monoisotopic (exact) mass is 281 g/mol. The van der Waals surface area contributed by atoms with Crippen molar-refractivity contribution >= 4 is 22.9 Å².